The number of aryl methyl sites for hydroxylation is 1. The molecular weight excluding hydrogens is 396 g/mol. The average Bonchev–Trinajstić information content (AvgIpc) is 2.73. The van der Waals surface area contributed by atoms with E-state index in [0.717, 1.165) is 5.56 Å². The van der Waals surface area contributed by atoms with Gasteiger partial charge < -0.3 is 10.2 Å². The van der Waals surface area contributed by atoms with Gasteiger partial charge in [-0.2, -0.15) is 8.78 Å². The average molecular weight is 419 g/mol. The predicted octanol–water partition coefficient (Wildman–Crippen LogP) is 3.75. The third kappa shape index (κ3) is 6.25. The zero-order valence-electron chi connectivity index (χ0n) is 15.9. The maximum Gasteiger partial charge on any atom is 0.290 e. The van der Waals surface area contributed by atoms with Crippen molar-refractivity contribution in [1.82, 2.24) is 15.2 Å². The second-order valence-electron chi connectivity index (χ2n) is 6.85. The third-order valence-electron chi connectivity index (χ3n) is 4.83. The van der Waals surface area contributed by atoms with Crippen molar-refractivity contribution in [3.8, 4) is 0 Å². The van der Waals surface area contributed by atoms with Gasteiger partial charge in [0.2, 0.25) is 5.91 Å². The van der Waals surface area contributed by atoms with E-state index in [0.29, 0.717) is 38.8 Å². The number of nitrogens with zero attached hydrogens (tertiary/aromatic N) is 2. The van der Waals surface area contributed by atoms with Crippen LogP contribution in [0.25, 0.3) is 0 Å². The number of carbonyl (C=O) groups excluding carboxylic acids is 2. The number of thioether (sulfide) groups is 1. The molecule has 0 radical (unpaired) electrons. The summed E-state index contributed by atoms with van der Waals surface area (Å²) in [5, 5.41) is 3.08. The molecule has 2 aromatic rings. The number of alkyl halides is 2. The summed E-state index contributed by atoms with van der Waals surface area (Å²) in [5.41, 5.74) is 1.32. The molecule has 29 heavy (non-hydrogen) atoms. The van der Waals surface area contributed by atoms with Gasteiger partial charge in [-0.05, 0) is 48.7 Å². The van der Waals surface area contributed by atoms with Gasteiger partial charge >= 0.3 is 0 Å². The van der Waals surface area contributed by atoms with Crippen molar-refractivity contribution in [3.63, 3.8) is 0 Å². The molecule has 0 aliphatic carbocycles. The number of aromatic nitrogens is 1. The molecule has 0 bridgehead atoms. The van der Waals surface area contributed by atoms with Crippen molar-refractivity contribution >= 4 is 23.6 Å². The van der Waals surface area contributed by atoms with Crippen LogP contribution in [-0.2, 0) is 11.2 Å². The van der Waals surface area contributed by atoms with Crippen LogP contribution < -0.4 is 5.32 Å². The summed E-state index contributed by atoms with van der Waals surface area (Å²) in [5.74, 6) is -2.93. The van der Waals surface area contributed by atoms with Crippen molar-refractivity contribution in [3.05, 3.63) is 59.8 Å². The zero-order chi connectivity index (χ0) is 20.6. The molecule has 3 rings (SSSR count). The lowest BCUT2D eigenvalue weighted by Gasteiger charge is -2.32. The lowest BCUT2D eigenvalue weighted by Crippen LogP contribution is -2.46. The van der Waals surface area contributed by atoms with Gasteiger partial charge in [-0.25, -0.2) is 4.98 Å². The summed E-state index contributed by atoms with van der Waals surface area (Å²) in [6.07, 6.45) is 3.79. The Morgan fingerprint density at radius 1 is 1.14 bits per heavy atom. The second-order valence-corrected chi connectivity index (χ2v) is 7.83. The molecule has 1 aliphatic heterocycles. The first kappa shape index (κ1) is 21.2. The smallest absolute Gasteiger partial charge is 0.290 e. The van der Waals surface area contributed by atoms with Gasteiger partial charge in [0.05, 0.1) is 5.56 Å². The lowest BCUT2D eigenvalue weighted by atomic mass is 10.0. The summed E-state index contributed by atoms with van der Waals surface area (Å²) >= 11 is 0.281. The monoisotopic (exact) mass is 419 g/mol. The van der Waals surface area contributed by atoms with Gasteiger partial charge in [0.15, 0.2) is 0 Å². The standard InChI is InChI=1S/C21H23F2N3O2S/c22-21(23)29-19-17(7-4-12-24-19)20(28)26-13-10-16(11-14-26)25-18(27)9-8-15-5-2-1-3-6-15/h1-7,12,16,21H,8-11,13-14H2,(H,25,27). The summed E-state index contributed by atoms with van der Waals surface area (Å²) in [4.78, 5) is 30.5. The first-order valence-corrected chi connectivity index (χ1v) is 10.4. The van der Waals surface area contributed by atoms with E-state index < -0.39 is 5.76 Å². The molecule has 1 fully saturated rings. The van der Waals surface area contributed by atoms with Crippen molar-refractivity contribution in [2.75, 3.05) is 13.1 Å². The number of nitrogens with one attached hydrogen (secondary N) is 1. The van der Waals surface area contributed by atoms with Crippen LogP contribution in [0.4, 0.5) is 8.78 Å². The molecule has 8 heteroatoms. The number of hydrogen-bond donors (Lipinski definition) is 1. The Labute approximate surface area is 172 Å². The number of piperidine rings is 1. The van der Waals surface area contributed by atoms with E-state index in [-0.39, 0.29) is 40.2 Å². The normalized spacial score (nSPS) is 14.8. The maximum atomic E-state index is 12.7. The molecule has 0 saturated carbocycles. The molecule has 1 aromatic carbocycles. The Balaban J connectivity index is 1.48. The summed E-state index contributed by atoms with van der Waals surface area (Å²) < 4.78 is 25.4. The lowest BCUT2D eigenvalue weighted by molar-refractivity contribution is -0.122. The van der Waals surface area contributed by atoms with E-state index in [1.165, 1.54) is 12.3 Å². The summed E-state index contributed by atoms with van der Waals surface area (Å²) in [6.45, 7) is 0.937. The highest BCUT2D eigenvalue weighted by molar-refractivity contribution is 7.99. The van der Waals surface area contributed by atoms with Crippen molar-refractivity contribution in [2.24, 2.45) is 0 Å². The summed E-state index contributed by atoms with van der Waals surface area (Å²) in [6, 6.07) is 13.0. The van der Waals surface area contributed by atoms with Crippen molar-refractivity contribution in [2.45, 2.75) is 42.5 Å². The number of rotatable bonds is 7. The minimum atomic E-state index is -2.63. The van der Waals surface area contributed by atoms with Gasteiger partial charge in [0, 0.05) is 31.7 Å². The molecule has 2 heterocycles. The number of hydrogen-bond acceptors (Lipinski definition) is 4. The van der Waals surface area contributed by atoms with Gasteiger partial charge in [0.1, 0.15) is 5.03 Å². The fraction of sp³-hybridized carbons (Fsp3) is 0.381. The quantitative estimate of drug-likeness (QED) is 0.695. The Kier molecular flexibility index (Phi) is 7.57. The van der Waals surface area contributed by atoms with Crippen LogP contribution in [0.1, 0.15) is 35.2 Å². The first-order chi connectivity index (χ1) is 14.0. The minimum Gasteiger partial charge on any atom is -0.353 e. The van der Waals surface area contributed by atoms with E-state index in [1.54, 1.807) is 11.0 Å². The molecule has 0 atom stereocenters. The Bertz CT molecular complexity index is 828. The highest BCUT2D eigenvalue weighted by Gasteiger charge is 2.27. The van der Waals surface area contributed by atoms with Crippen molar-refractivity contribution in [1.29, 1.82) is 0 Å². The first-order valence-electron chi connectivity index (χ1n) is 9.55. The largest absolute Gasteiger partial charge is 0.353 e. The van der Waals surface area contributed by atoms with E-state index >= 15 is 0 Å². The SMILES string of the molecule is O=C(CCc1ccccc1)NC1CCN(C(=O)c2cccnc2SC(F)F)CC1. The number of benzene rings is 1. The number of carbonyl (C=O) groups is 2. The molecule has 1 aliphatic rings. The molecule has 1 N–H and O–H groups in total. The number of likely N-dealkylation sites (tertiary alicyclic amines) is 1. The highest BCUT2D eigenvalue weighted by Crippen LogP contribution is 2.27. The van der Waals surface area contributed by atoms with Gasteiger partial charge in [0.25, 0.3) is 11.7 Å². The van der Waals surface area contributed by atoms with Gasteiger partial charge in [-0.1, -0.05) is 30.3 Å². The van der Waals surface area contributed by atoms with Crippen LogP contribution in [0.3, 0.4) is 0 Å². The molecule has 154 valence electrons. The predicted molar refractivity (Wildman–Crippen MR) is 108 cm³/mol. The molecular formula is C21H23F2N3O2S. The van der Waals surface area contributed by atoms with E-state index in [9.17, 15) is 18.4 Å². The van der Waals surface area contributed by atoms with Crippen LogP contribution in [0.15, 0.2) is 53.7 Å². The third-order valence-corrected chi connectivity index (χ3v) is 5.56. The molecule has 5 nitrogen and oxygen atoms in total. The fourth-order valence-electron chi connectivity index (χ4n) is 3.33. The number of amides is 2. The van der Waals surface area contributed by atoms with Crippen LogP contribution in [-0.4, -0.2) is 46.6 Å². The van der Waals surface area contributed by atoms with Crippen LogP contribution in [0.5, 0.6) is 0 Å². The van der Waals surface area contributed by atoms with Gasteiger partial charge in [-0.15, -0.1) is 0 Å². The Hall–Kier alpha value is -2.48. The number of halogens is 2. The molecule has 0 spiro atoms. The fourth-order valence-corrected chi connectivity index (χ4v) is 3.90. The summed E-state index contributed by atoms with van der Waals surface area (Å²) in [7, 11) is 0. The van der Waals surface area contributed by atoms with E-state index in [4.69, 9.17) is 0 Å². The maximum absolute atomic E-state index is 12.7. The zero-order valence-corrected chi connectivity index (χ0v) is 16.7. The second kappa shape index (κ2) is 10.3. The highest BCUT2D eigenvalue weighted by atomic mass is 32.2. The Morgan fingerprint density at radius 3 is 2.55 bits per heavy atom. The Morgan fingerprint density at radius 2 is 1.86 bits per heavy atom. The van der Waals surface area contributed by atoms with Gasteiger partial charge in [-0.3, -0.25) is 9.59 Å². The molecule has 2 amide bonds. The van der Waals surface area contributed by atoms with Crippen molar-refractivity contribution < 1.29 is 18.4 Å². The van der Waals surface area contributed by atoms with Crippen LogP contribution in [0, 0.1) is 0 Å². The topological polar surface area (TPSA) is 62.3 Å². The van der Waals surface area contributed by atoms with E-state index in [1.807, 2.05) is 30.3 Å². The molecule has 0 unspecified atom stereocenters. The van der Waals surface area contributed by atoms with Crippen LogP contribution in [0.2, 0.25) is 0 Å². The van der Waals surface area contributed by atoms with Crippen LogP contribution >= 0.6 is 11.8 Å². The minimum absolute atomic E-state index is 0.00140. The van der Waals surface area contributed by atoms with E-state index in [2.05, 4.69) is 10.3 Å². The molecule has 1 aromatic heterocycles. The number of pyridine rings is 1. The molecule has 1 saturated heterocycles.